The lowest BCUT2D eigenvalue weighted by Crippen LogP contribution is -2.17. The van der Waals surface area contributed by atoms with E-state index in [0.717, 1.165) is 15.6 Å². The van der Waals surface area contributed by atoms with Crippen LogP contribution in [0, 0.1) is 0 Å². The van der Waals surface area contributed by atoms with Gasteiger partial charge in [-0.3, -0.25) is 4.79 Å². The lowest BCUT2D eigenvalue weighted by Gasteiger charge is -2.13. The molecule has 7 heteroatoms. The van der Waals surface area contributed by atoms with Crippen LogP contribution in [0.5, 0.6) is 11.5 Å². The fraction of sp³-hybridized carbons (Fsp3) is 0.0909. The highest BCUT2D eigenvalue weighted by Gasteiger charge is 2.12. The molecule has 3 aromatic rings. The van der Waals surface area contributed by atoms with Crippen molar-refractivity contribution in [2.24, 2.45) is 5.10 Å². The molecule has 0 bridgehead atoms. The number of methoxy groups -OCH3 is 1. The summed E-state index contributed by atoms with van der Waals surface area (Å²) in [5, 5.41) is 4.49. The van der Waals surface area contributed by atoms with Crippen LogP contribution in [0.25, 0.3) is 0 Å². The predicted octanol–water partition coefficient (Wildman–Crippen LogP) is 5.45. The molecule has 0 atom stereocenters. The Bertz CT molecular complexity index is 1030. The maximum atomic E-state index is 12.1. The summed E-state index contributed by atoms with van der Waals surface area (Å²) >= 11 is 9.41. The number of hydrogen-bond acceptors (Lipinski definition) is 4. The Morgan fingerprint density at radius 1 is 1.14 bits per heavy atom. The van der Waals surface area contributed by atoms with E-state index in [1.165, 1.54) is 6.21 Å². The monoisotopic (exact) mass is 472 g/mol. The van der Waals surface area contributed by atoms with Crippen LogP contribution in [0.1, 0.15) is 21.5 Å². The van der Waals surface area contributed by atoms with Crippen LogP contribution in [0.15, 0.2) is 76.3 Å². The van der Waals surface area contributed by atoms with Gasteiger partial charge in [0.05, 0.1) is 17.8 Å². The molecular formula is C22H18BrClN2O3. The van der Waals surface area contributed by atoms with E-state index in [2.05, 4.69) is 26.5 Å². The highest BCUT2D eigenvalue weighted by Crippen LogP contribution is 2.36. The van der Waals surface area contributed by atoms with E-state index in [1.807, 2.05) is 36.4 Å². The Hall–Kier alpha value is -2.83. The molecule has 29 heavy (non-hydrogen) atoms. The lowest BCUT2D eigenvalue weighted by atomic mass is 10.2. The fourth-order valence-corrected chi connectivity index (χ4v) is 3.31. The SMILES string of the molecule is COc1cc(/C=N\NC(=O)c2cccc(Cl)c2)cc(Br)c1OCc1ccccc1. The number of nitrogens with zero attached hydrogens (tertiary/aromatic N) is 1. The van der Waals surface area contributed by atoms with E-state index in [0.29, 0.717) is 28.7 Å². The second-order valence-electron chi connectivity index (χ2n) is 6.02. The highest BCUT2D eigenvalue weighted by molar-refractivity contribution is 9.10. The molecule has 3 aromatic carbocycles. The van der Waals surface area contributed by atoms with Crippen LogP contribution in [-0.4, -0.2) is 19.2 Å². The van der Waals surface area contributed by atoms with Crippen molar-refractivity contribution in [3.05, 3.63) is 92.9 Å². The number of carbonyl (C=O) groups excluding carboxylic acids is 1. The first kappa shape index (κ1) is 20.9. The van der Waals surface area contributed by atoms with Gasteiger partial charge in [0.1, 0.15) is 6.61 Å². The van der Waals surface area contributed by atoms with Gasteiger partial charge in [-0.2, -0.15) is 5.10 Å². The van der Waals surface area contributed by atoms with Crippen molar-refractivity contribution in [1.82, 2.24) is 5.43 Å². The number of benzene rings is 3. The van der Waals surface area contributed by atoms with E-state index in [-0.39, 0.29) is 5.91 Å². The first-order valence-electron chi connectivity index (χ1n) is 8.70. The third-order valence-corrected chi connectivity index (χ3v) is 4.77. The van der Waals surface area contributed by atoms with Crippen LogP contribution in [0.4, 0.5) is 0 Å². The van der Waals surface area contributed by atoms with Gasteiger partial charge >= 0.3 is 0 Å². The van der Waals surface area contributed by atoms with Gasteiger partial charge in [-0.15, -0.1) is 0 Å². The standard InChI is InChI=1S/C22H18BrClN2O3/c1-28-20-11-16(13-25-26-22(27)17-8-5-9-18(24)12-17)10-19(23)21(20)29-14-15-6-3-2-4-7-15/h2-13H,14H2,1H3,(H,26,27)/b25-13-. The van der Waals surface area contributed by atoms with E-state index in [9.17, 15) is 4.79 Å². The summed E-state index contributed by atoms with van der Waals surface area (Å²) in [5.74, 6) is 0.798. The Morgan fingerprint density at radius 2 is 1.93 bits per heavy atom. The minimum Gasteiger partial charge on any atom is -0.493 e. The molecule has 1 N–H and O–H groups in total. The van der Waals surface area contributed by atoms with Crippen molar-refractivity contribution < 1.29 is 14.3 Å². The average Bonchev–Trinajstić information content (AvgIpc) is 2.73. The third kappa shape index (κ3) is 5.82. The molecule has 148 valence electrons. The van der Waals surface area contributed by atoms with Crippen molar-refractivity contribution in [2.45, 2.75) is 6.61 Å². The minimum absolute atomic E-state index is 0.349. The summed E-state index contributed by atoms with van der Waals surface area (Å²) in [6, 6.07) is 20.1. The first-order chi connectivity index (χ1) is 14.1. The Balaban J connectivity index is 1.69. The van der Waals surface area contributed by atoms with Crippen molar-refractivity contribution in [3.63, 3.8) is 0 Å². The molecule has 0 aliphatic rings. The zero-order valence-corrected chi connectivity index (χ0v) is 17.9. The number of halogens is 2. The fourth-order valence-electron chi connectivity index (χ4n) is 2.54. The molecule has 0 heterocycles. The van der Waals surface area contributed by atoms with E-state index in [4.69, 9.17) is 21.1 Å². The van der Waals surface area contributed by atoms with Crippen LogP contribution >= 0.6 is 27.5 Å². The molecule has 0 radical (unpaired) electrons. The van der Waals surface area contributed by atoms with Gasteiger partial charge in [-0.05, 0) is 57.4 Å². The molecule has 0 aliphatic heterocycles. The summed E-state index contributed by atoms with van der Waals surface area (Å²) in [6.45, 7) is 0.416. The van der Waals surface area contributed by atoms with Crippen molar-refractivity contribution in [3.8, 4) is 11.5 Å². The quantitative estimate of drug-likeness (QED) is 0.366. The first-order valence-corrected chi connectivity index (χ1v) is 9.87. The molecular weight excluding hydrogens is 456 g/mol. The smallest absolute Gasteiger partial charge is 0.271 e. The molecule has 0 saturated carbocycles. The number of hydrogen-bond donors (Lipinski definition) is 1. The van der Waals surface area contributed by atoms with Crippen LogP contribution in [0.2, 0.25) is 5.02 Å². The minimum atomic E-state index is -0.349. The Labute approximate surface area is 182 Å². The topological polar surface area (TPSA) is 59.9 Å². The Kier molecular flexibility index (Phi) is 7.27. The third-order valence-electron chi connectivity index (χ3n) is 3.94. The molecule has 0 aliphatic carbocycles. The van der Waals surface area contributed by atoms with Gasteiger partial charge in [0, 0.05) is 10.6 Å². The molecule has 0 unspecified atom stereocenters. The molecule has 0 saturated heterocycles. The number of carbonyl (C=O) groups is 1. The van der Waals surface area contributed by atoms with Crippen LogP contribution in [-0.2, 0) is 6.61 Å². The summed E-state index contributed by atoms with van der Waals surface area (Å²) in [4.78, 5) is 12.1. The number of nitrogens with one attached hydrogen (secondary N) is 1. The number of rotatable bonds is 7. The lowest BCUT2D eigenvalue weighted by molar-refractivity contribution is 0.0955. The normalized spacial score (nSPS) is 10.7. The van der Waals surface area contributed by atoms with Crippen molar-refractivity contribution in [2.75, 3.05) is 7.11 Å². The maximum absolute atomic E-state index is 12.1. The number of amides is 1. The second-order valence-corrected chi connectivity index (χ2v) is 7.31. The second kappa shape index (κ2) is 10.1. The zero-order chi connectivity index (χ0) is 20.6. The molecule has 5 nitrogen and oxygen atoms in total. The summed E-state index contributed by atoms with van der Waals surface area (Å²) in [5.41, 5.74) is 4.69. The van der Waals surface area contributed by atoms with Gasteiger partial charge in [-0.1, -0.05) is 48.0 Å². The molecule has 0 fully saturated rings. The van der Waals surface area contributed by atoms with Crippen molar-refractivity contribution >= 4 is 39.7 Å². The van der Waals surface area contributed by atoms with Crippen LogP contribution in [0.3, 0.4) is 0 Å². The highest BCUT2D eigenvalue weighted by atomic mass is 79.9. The molecule has 0 aromatic heterocycles. The maximum Gasteiger partial charge on any atom is 0.271 e. The molecule has 0 spiro atoms. The summed E-state index contributed by atoms with van der Waals surface area (Å²) < 4.78 is 12.1. The van der Waals surface area contributed by atoms with E-state index in [1.54, 1.807) is 37.4 Å². The van der Waals surface area contributed by atoms with Gasteiger partial charge in [0.15, 0.2) is 11.5 Å². The van der Waals surface area contributed by atoms with Gasteiger partial charge < -0.3 is 9.47 Å². The van der Waals surface area contributed by atoms with Gasteiger partial charge in [0.2, 0.25) is 0 Å². The summed E-state index contributed by atoms with van der Waals surface area (Å²) in [6.07, 6.45) is 1.52. The van der Waals surface area contributed by atoms with Crippen LogP contribution < -0.4 is 14.9 Å². The van der Waals surface area contributed by atoms with Gasteiger partial charge in [0.25, 0.3) is 5.91 Å². The average molecular weight is 474 g/mol. The summed E-state index contributed by atoms with van der Waals surface area (Å²) in [7, 11) is 1.57. The van der Waals surface area contributed by atoms with Crippen molar-refractivity contribution in [1.29, 1.82) is 0 Å². The molecule has 1 amide bonds. The zero-order valence-electron chi connectivity index (χ0n) is 15.6. The molecule has 3 rings (SSSR count). The largest absolute Gasteiger partial charge is 0.493 e. The predicted molar refractivity (Wildman–Crippen MR) is 118 cm³/mol. The van der Waals surface area contributed by atoms with Gasteiger partial charge in [-0.25, -0.2) is 5.43 Å². The van der Waals surface area contributed by atoms with E-state index < -0.39 is 0 Å². The Morgan fingerprint density at radius 3 is 2.66 bits per heavy atom. The number of ether oxygens (including phenoxy) is 2. The van der Waals surface area contributed by atoms with E-state index >= 15 is 0 Å². The number of hydrazone groups is 1.